The van der Waals surface area contributed by atoms with E-state index in [0.717, 1.165) is 14.1 Å². The molecule has 0 aromatic carbocycles. The number of sulfonamides is 1. The molecular formula is C4H8F3NO2S. The van der Waals surface area contributed by atoms with Gasteiger partial charge in [-0.1, -0.05) is 0 Å². The van der Waals surface area contributed by atoms with E-state index in [1.54, 1.807) is 0 Å². The number of rotatable bonds is 2. The monoisotopic (exact) mass is 191 g/mol. The highest BCUT2D eigenvalue weighted by Gasteiger charge is 2.36. The van der Waals surface area contributed by atoms with Crippen LogP contribution < -0.4 is 0 Å². The zero-order chi connectivity index (χ0) is 9.28. The van der Waals surface area contributed by atoms with E-state index in [0.29, 0.717) is 4.31 Å². The van der Waals surface area contributed by atoms with E-state index in [2.05, 4.69) is 0 Å². The van der Waals surface area contributed by atoms with Gasteiger partial charge < -0.3 is 0 Å². The lowest BCUT2D eigenvalue weighted by atomic mass is 10.8. The standard InChI is InChI=1S/C4H8F3NO2S/c1-8(2)11(9,10)3-4(5,6)7/h3H2,1-2H3. The van der Waals surface area contributed by atoms with Gasteiger partial charge in [-0.2, -0.15) is 13.2 Å². The smallest absolute Gasteiger partial charge is 0.212 e. The van der Waals surface area contributed by atoms with Crippen molar-refractivity contribution in [2.75, 3.05) is 19.8 Å². The first kappa shape index (κ1) is 10.7. The van der Waals surface area contributed by atoms with E-state index in [1.165, 1.54) is 0 Å². The van der Waals surface area contributed by atoms with Crippen LogP contribution in [0.25, 0.3) is 0 Å². The minimum absolute atomic E-state index is 0.542. The lowest BCUT2D eigenvalue weighted by Crippen LogP contribution is -2.32. The van der Waals surface area contributed by atoms with E-state index >= 15 is 0 Å². The second-order valence-electron chi connectivity index (χ2n) is 2.15. The molecule has 7 heteroatoms. The third kappa shape index (κ3) is 4.20. The molecule has 0 unspecified atom stereocenters. The van der Waals surface area contributed by atoms with Crippen molar-refractivity contribution in [2.45, 2.75) is 6.18 Å². The highest BCUT2D eigenvalue weighted by molar-refractivity contribution is 7.89. The number of nitrogens with zero attached hydrogens (tertiary/aromatic N) is 1. The largest absolute Gasteiger partial charge is 0.404 e. The molecule has 0 bridgehead atoms. The first-order valence-electron chi connectivity index (χ1n) is 2.62. The van der Waals surface area contributed by atoms with Crippen molar-refractivity contribution < 1.29 is 21.6 Å². The van der Waals surface area contributed by atoms with Gasteiger partial charge in [0.1, 0.15) is 0 Å². The fraction of sp³-hybridized carbons (Fsp3) is 1.00. The molecule has 0 radical (unpaired) electrons. The summed E-state index contributed by atoms with van der Waals surface area (Å²) in [5, 5.41) is 0. The first-order chi connectivity index (χ1) is 4.65. The van der Waals surface area contributed by atoms with Crippen LogP contribution in [-0.4, -0.2) is 38.7 Å². The third-order valence-corrected chi connectivity index (χ3v) is 2.71. The van der Waals surface area contributed by atoms with Crippen LogP contribution in [0.3, 0.4) is 0 Å². The van der Waals surface area contributed by atoms with Crippen LogP contribution in [0.1, 0.15) is 0 Å². The average Bonchev–Trinajstić information content (AvgIpc) is 1.56. The summed E-state index contributed by atoms with van der Waals surface area (Å²) < 4.78 is 56.2. The Kier molecular flexibility index (Phi) is 2.90. The van der Waals surface area contributed by atoms with Gasteiger partial charge in [-0.25, -0.2) is 12.7 Å². The molecule has 11 heavy (non-hydrogen) atoms. The zero-order valence-corrected chi connectivity index (χ0v) is 6.83. The molecule has 0 rings (SSSR count). The number of alkyl halides is 3. The van der Waals surface area contributed by atoms with Crippen molar-refractivity contribution >= 4 is 10.0 Å². The minimum Gasteiger partial charge on any atom is -0.212 e. The second-order valence-corrected chi connectivity index (χ2v) is 4.34. The summed E-state index contributed by atoms with van der Waals surface area (Å²) in [7, 11) is -2.03. The molecule has 0 N–H and O–H groups in total. The molecule has 0 amide bonds. The first-order valence-corrected chi connectivity index (χ1v) is 4.23. The highest BCUT2D eigenvalue weighted by atomic mass is 32.2. The van der Waals surface area contributed by atoms with Crippen molar-refractivity contribution in [3.8, 4) is 0 Å². The van der Waals surface area contributed by atoms with Crippen LogP contribution in [0.15, 0.2) is 0 Å². The maximum absolute atomic E-state index is 11.5. The Morgan fingerprint density at radius 3 is 1.73 bits per heavy atom. The molecule has 0 heterocycles. The molecule has 0 saturated heterocycles. The van der Waals surface area contributed by atoms with E-state index in [4.69, 9.17) is 0 Å². The van der Waals surface area contributed by atoms with Gasteiger partial charge in [0.25, 0.3) is 0 Å². The maximum Gasteiger partial charge on any atom is 0.404 e. The summed E-state index contributed by atoms with van der Waals surface area (Å²) in [6.07, 6.45) is -4.66. The van der Waals surface area contributed by atoms with Gasteiger partial charge in [-0.05, 0) is 0 Å². The van der Waals surface area contributed by atoms with Gasteiger partial charge >= 0.3 is 6.18 Å². The van der Waals surface area contributed by atoms with Crippen LogP contribution in [0.4, 0.5) is 13.2 Å². The molecule has 0 atom stereocenters. The van der Waals surface area contributed by atoms with Crippen molar-refractivity contribution in [2.24, 2.45) is 0 Å². The fourth-order valence-corrected chi connectivity index (χ4v) is 1.01. The molecular weight excluding hydrogens is 183 g/mol. The predicted octanol–water partition coefficient (Wildman–Crippen LogP) is 0.440. The van der Waals surface area contributed by atoms with E-state index in [1.807, 2.05) is 0 Å². The lowest BCUT2D eigenvalue weighted by Gasteiger charge is -2.12. The lowest BCUT2D eigenvalue weighted by molar-refractivity contribution is -0.106. The van der Waals surface area contributed by atoms with Gasteiger partial charge in [0.05, 0.1) is 0 Å². The van der Waals surface area contributed by atoms with Crippen LogP contribution in [-0.2, 0) is 10.0 Å². The topological polar surface area (TPSA) is 37.4 Å². The summed E-state index contributed by atoms with van der Waals surface area (Å²) >= 11 is 0. The van der Waals surface area contributed by atoms with Crippen LogP contribution in [0.2, 0.25) is 0 Å². The number of halogens is 3. The molecule has 0 aliphatic heterocycles. The molecule has 0 saturated carbocycles. The fourth-order valence-electron chi connectivity index (χ4n) is 0.336. The number of hydrogen-bond acceptors (Lipinski definition) is 2. The Balaban J connectivity index is 4.40. The van der Waals surface area contributed by atoms with Gasteiger partial charge in [-0.3, -0.25) is 0 Å². The second kappa shape index (κ2) is 2.98. The van der Waals surface area contributed by atoms with E-state index in [9.17, 15) is 21.6 Å². The Morgan fingerprint density at radius 1 is 1.27 bits per heavy atom. The summed E-state index contributed by atoms with van der Waals surface area (Å²) in [5.41, 5.74) is 0. The third-order valence-electron chi connectivity index (χ3n) is 0.902. The SMILES string of the molecule is CN(C)S(=O)(=O)CC(F)(F)F. The van der Waals surface area contributed by atoms with Gasteiger partial charge in [0, 0.05) is 14.1 Å². The molecule has 3 nitrogen and oxygen atoms in total. The van der Waals surface area contributed by atoms with Gasteiger partial charge in [0.2, 0.25) is 10.0 Å². The molecule has 0 aliphatic carbocycles. The Morgan fingerprint density at radius 2 is 1.64 bits per heavy atom. The quantitative estimate of drug-likeness (QED) is 0.635. The van der Waals surface area contributed by atoms with Crippen molar-refractivity contribution in [1.29, 1.82) is 0 Å². The van der Waals surface area contributed by atoms with Crippen LogP contribution in [0, 0.1) is 0 Å². The van der Waals surface area contributed by atoms with Gasteiger partial charge in [0.15, 0.2) is 5.75 Å². The van der Waals surface area contributed by atoms with E-state index in [-0.39, 0.29) is 0 Å². The summed E-state index contributed by atoms with van der Waals surface area (Å²) in [4.78, 5) is 0. The molecule has 68 valence electrons. The molecule has 0 spiro atoms. The molecule has 0 aromatic heterocycles. The summed E-state index contributed by atoms with van der Waals surface area (Å²) in [6.45, 7) is 0. The van der Waals surface area contributed by atoms with E-state index < -0.39 is 22.0 Å². The molecule has 0 aliphatic rings. The highest BCUT2D eigenvalue weighted by Crippen LogP contribution is 2.17. The minimum atomic E-state index is -4.66. The van der Waals surface area contributed by atoms with Crippen molar-refractivity contribution in [1.82, 2.24) is 4.31 Å². The Labute approximate surface area is 62.9 Å². The van der Waals surface area contributed by atoms with Crippen molar-refractivity contribution in [3.63, 3.8) is 0 Å². The molecule has 0 aromatic rings. The predicted molar refractivity (Wildman–Crippen MR) is 33.5 cm³/mol. The Bertz CT molecular complexity index is 218. The van der Waals surface area contributed by atoms with Gasteiger partial charge in [-0.15, -0.1) is 0 Å². The summed E-state index contributed by atoms with van der Waals surface area (Å²) in [6, 6.07) is 0. The van der Waals surface area contributed by atoms with Crippen LogP contribution >= 0.6 is 0 Å². The Hall–Kier alpha value is -0.300. The zero-order valence-electron chi connectivity index (χ0n) is 6.01. The molecule has 0 fully saturated rings. The average molecular weight is 191 g/mol. The normalized spacial score (nSPS) is 14.0. The summed E-state index contributed by atoms with van der Waals surface area (Å²) in [5.74, 6) is -1.80. The van der Waals surface area contributed by atoms with Crippen molar-refractivity contribution in [3.05, 3.63) is 0 Å². The van der Waals surface area contributed by atoms with Crippen LogP contribution in [0.5, 0.6) is 0 Å². The number of hydrogen-bond donors (Lipinski definition) is 0. The maximum atomic E-state index is 11.5.